The van der Waals surface area contributed by atoms with Crippen molar-refractivity contribution < 1.29 is 17.9 Å². The fourth-order valence-corrected chi connectivity index (χ4v) is 4.98. The number of furan rings is 1. The molecule has 1 saturated heterocycles. The minimum absolute atomic E-state index is 0.0156. The predicted molar refractivity (Wildman–Crippen MR) is 71.2 cm³/mol. The van der Waals surface area contributed by atoms with Gasteiger partial charge in [-0.05, 0) is 33.1 Å². The number of sulfonamides is 1. The highest BCUT2D eigenvalue weighted by atomic mass is 32.2. The molecule has 2 unspecified atom stereocenters. The Bertz CT molecular complexity index is 549. The van der Waals surface area contributed by atoms with Crippen LogP contribution >= 0.6 is 0 Å². The van der Waals surface area contributed by atoms with Crippen LogP contribution in [-0.4, -0.2) is 29.9 Å². The van der Waals surface area contributed by atoms with E-state index in [2.05, 4.69) is 0 Å². The Labute approximate surface area is 114 Å². The van der Waals surface area contributed by atoms with Gasteiger partial charge < -0.3 is 9.52 Å². The van der Waals surface area contributed by atoms with Gasteiger partial charge in [-0.3, -0.25) is 0 Å². The Morgan fingerprint density at radius 2 is 2.16 bits per heavy atom. The number of aliphatic hydroxyl groups is 1. The zero-order valence-electron chi connectivity index (χ0n) is 11.6. The van der Waals surface area contributed by atoms with Gasteiger partial charge in [-0.25, -0.2) is 8.42 Å². The van der Waals surface area contributed by atoms with Crippen molar-refractivity contribution in [3.05, 3.63) is 17.6 Å². The lowest BCUT2D eigenvalue weighted by Gasteiger charge is -2.26. The van der Waals surface area contributed by atoms with Crippen LogP contribution in [0.2, 0.25) is 0 Å². The van der Waals surface area contributed by atoms with Crippen molar-refractivity contribution in [3.8, 4) is 0 Å². The molecule has 1 aliphatic rings. The van der Waals surface area contributed by atoms with Crippen LogP contribution in [0.1, 0.15) is 44.6 Å². The van der Waals surface area contributed by atoms with Gasteiger partial charge in [0, 0.05) is 18.2 Å². The van der Waals surface area contributed by atoms with E-state index in [1.807, 2.05) is 13.8 Å². The topological polar surface area (TPSA) is 70.8 Å². The molecule has 2 atom stereocenters. The summed E-state index contributed by atoms with van der Waals surface area (Å²) in [5.74, 6) is 0.633. The average Bonchev–Trinajstić information content (AvgIpc) is 2.92. The second-order valence-electron chi connectivity index (χ2n) is 5.11. The summed E-state index contributed by atoms with van der Waals surface area (Å²) in [6.07, 6.45) is 2.61. The summed E-state index contributed by atoms with van der Waals surface area (Å²) in [6, 6.07) is 1.51. The molecule has 1 fully saturated rings. The fourth-order valence-electron chi connectivity index (χ4n) is 2.84. The van der Waals surface area contributed by atoms with Crippen molar-refractivity contribution in [1.82, 2.24) is 4.31 Å². The van der Waals surface area contributed by atoms with Crippen molar-refractivity contribution in [2.24, 2.45) is 0 Å². The number of rotatable bonds is 4. The second-order valence-corrected chi connectivity index (χ2v) is 6.93. The van der Waals surface area contributed by atoms with Crippen LogP contribution in [0.4, 0.5) is 0 Å². The molecular weight excluding hydrogens is 266 g/mol. The molecule has 2 heterocycles. The molecule has 1 N–H and O–H groups in total. The smallest absolute Gasteiger partial charge is 0.247 e. The number of aryl methyl sites for hydroxylation is 1. The summed E-state index contributed by atoms with van der Waals surface area (Å²) in [7, 11) is -3.54. The molecule has 0 radical (unpaired) electrons. The van der Waals surface area contributed by atoms with E-state index >= 15 is 0 Å². The average molecular weight is 287 g/mol. The van der Waals surface area contributed by atoms with E-state index in [0.717, 1.165) is 19.3 Å². The van der Waals surface area contributed by atoms with Gasteiger partial charge in [0.25, 0.3) is 0 Å². The summed E-state index contributed by atoms with van der Waals surface area (Å²) >= 11 is 0. The highest BCUT2D eigenvalue weighted by Gasteiger charge is 2.40. The zero-order chi connectivity index (χ0) is 14.2. The number of hydrogen-bond donors (Lipinski definition) is 1. The van der Waals surface area contributed by atoms with Crippen LogP contribution in [0.3, 0.4) is 0 Å². The summed E-state index contributed by atoms with van der Waals surface area (Å²) in [5.41, 5.74) is 0. The van der Waals surface area contributed by atoms with Crippen LogP contribution < -0.4 is 0 Å². The molecule has 1 aromatic heterocycles. The maximum Gasteiger partial charge on any atom is 0.247 e. The molecular formula is C13H21NO4S. The Morgan fingerprint density at radius 1 is 1.47 bits per heavy atom. The van der Waals surface area contributed by atoms with E-state index in [1.165, 1.54) is 6.07 Å². The van der Waals surface area contributed by atoms with E-state index in [1.54, 1.807) is 11.2 Å². The second kappa shape index (κ2) is 5.26. The molecule has 1 aliphatic heterocycles. The number of aliphatic hydroxyl groups excluding tert-OH is 1. The van der Waals surface area contributed by atoms with E-state index in [-0.39, 0.29) is 29.3 Å². The Morgan fingerprint density at radius 3 is 2.68 bits per heavy atom. The van der Waals surface area contributed by atoms with Crippen LogP contribution in [-0.2, 0) is 16.6 Å². The lowest BCUT2D eigenvalue weighted by atomic mass is 10.2. The van der Waals surface area contributed by atoms with Crippen LogP contribution in [0, 0.1) is 6.92 Å². The highest BCUT2D eigenvalue weighted by molar-refractivity contribution is 7.89. The van der Waals surface area contributed by atoms with E-state index in [0.29, 0.717) is 5.76 Å². The SMILES string of the molecule is CCC1CCC(C)N1S(=O)(=O)c1cc(CO)oc1C. The third-order valence-electron chi connectivity index (χ3n) is 3.82. The highest BCUT2D eigenvalue weighted by Crippen LogP contribution is 2.34. The molecule has 19 heavy (non-hydrogen) atoms. The number of hydrogen-bond acceptors (Lipinski definition) is 4. The summed E-state index contributed by atoms with van der Waals surface area (Å²) in [6.45, 7) is 5.28. The van der Waals surface area contributed by atoms with Gasteiger partial charge in [-0.15, -0.1) is 0 Å². The molecule has 6 heteroatoms. The lowest BCUT2D eigenvalue weighted by Crippen LogP contribution is -2.39. The minimum atomic E-state index is -3.54. The summed E-state index contributed by atoms with van der Waals surface area (Å²) < 4.78 is 32.4. The Balaban J connectivity index is 2.43. The standard InChI is InChI=1S/C13H21NO4S/c1-4-11-6-5-9(2)14(11)19(16,17)13-7-12(8-15)18-10(13)3/h7,9,11,15H,4-6,8H2,1-3H3. The first-order chi connectivity index (χ1) is 8.91. The van der Waals surface area contributed by atoms with Gasteiger partial charge in [0.2, 0.25) is 10.0 Å². The maximum atomic E-state index is 12.7. The third kappa shape index (κ3) is 2.44. The molecule has 0 saturated carbocycles. The quantitative estimate of drug-likeness (QED) is 0.920. The van der Waals surface area contributed by atoms with Gasteiger partial charge in [-0.2, -0.15) is 4.31 Å². The summed E-state index contributed by atoms with van der Waals surface area (Å²) in [5, 5.41) is 9.05. The first-order valence-electron chi connectivity index (χ1n) is 6.65. The van der Waals surface area contributed by atoms with Gasteiger partial charge in [0.1, 0.15) is 23.0 Å². The lowest BCUT2D eigenvalue weighted by molar-refractivity contribution is 0.244. The third-order valence-corrected chi connectivity index (χ3v) is 5.99. The van der Waals surface area contributed by atoms with Gasteiger partial charge in [0.05, 0.1) is 0 Å². The van der Waals surface area contributed by atoms with Gasteiger partial charge in [-0.1, -0.05) is 6.92 Å². The van der Waals surface area contributed by atoms with Crippen LogP contribution in [0.15, 0.2) is 15.4 Å². The summed E-state index contributed by atoms with van der Waals surface area (Å²) in [4.78, 5) is 0.184. The van der Waals surface area contributed by atoms with Crippen LogP contribution in [0.5, 0.6) is 0 Å². The van der Waals surface area contributed by atoms with Crippen molar-refractivity contribution >= 4 is 10.0 Å². The maximum absolute atomic E-state index is 12.7. The largest absolute Gasteiger partial charge is 0.462 e. The van der Waals surface area contributed by atoms with E-state index < -0.39 is 10.0 Å². The number of nitrogens with zero attached hydrogens (tertiary/aromatic N) is 1. The molecule has 108 valence electrons. The molecule has 0 aromatic carbocycles. The molecule has 2 rings (SSSR count). The molecule has 0 amide bonds. The van der Waals surface area contributed by atoms with Crippen molar-refractivity contribution in [2.45, 2.75) is 63.6 Å². The van der Waals surface area contributed by atoms with Crippen LogP contribution in [0.25, 0.3) is 0 Å². The molecule has 1 aromatic rings. The molecule has 5 nitrogen and oxygen atoms in total. The first-order valence-corrected chi connectivity index (χ1v) is 8.09. The minimum Gasteiger partial charge on any atom is -0.462 e. The molecule has 0 aliphatic carbocycles. The fraction of sp³-hybridized carbons (Fsp3) is 0.692. The van der Waals surface area contributed by atoms with Gasteiger partial charge >= 0.3 is 0 Å². The van der Waals surface area contributed by atoms with E-state index in [4.69, 9.17) is 9.52 Å². The Hall–Kier alpha value is -0.850. The zero-order valence-corrected chi connectivity index (χ0v) is 12.4. The predicted octanol–water partition coefficient (Wildman–Crippen LogP) is 2.03. The van der Waals surface area contributed by atoms with Gasteiger partial charge in [0.15, 0.2) is 0 Å². The van der Waals surface area contributed by atoms with Crippen molar-refractivity contribution in [3.63, 3.8) is 0 Å². The first kappa shape index (κ1) is 14.6. The normalized spacial score (nSPS) is 25.1. The molecule has 0 bridgehead atoms. The van der Waals surface area contributed by atoms with Crippen molar-refractivity contribution in [2.75, 3.05) is 0 Å². The Kier molecular flexibility index (Phi) is 4.03. The van der Waals surface area contributed by atoms with E-state index in [9.17, 15) is 8.42 Å². The molecule has 0 spiro atoms. The monoisotopic (exact) mass is 287 g/mol. The van der Waals surface area contributed by atoms with Crippen molar-refractivity contribution in [1.29, 1.82) is 0 Å².